The van der Waals surface area contributed by atoms with Gasteiger partial charge < -0.3 is 4.74 Å². The first kappa shape index (κ1) is 15.3. The van der Waals surface area contributed by atoms with Crippen molar-refractivity contribution in [2.24, 2.45) is 5.41 Å². The van der Waals surface area contributed by atoms with Crippen molar-refractivity contribution in [1.29, 1.82) is 0 Å². The van der Waals surface area contributed by atoms with Gasteiger partial charge in [-0.25, -0.2) is 0 Å². The Morgan fingerprint density at radius 3 is 2.48 bits per heavy atom. The smallest absolute Gasteiger partial charge is 0.305 e. The molecule has 0 aliphatic rings. The van der Waals surface area contributed by atoms with Crippen LogP contribution in [0.5, 0.6) is 0 Å². The first-order valence-corrected chi connectivity index (χ1v) is 7.05. The molecule has 1 aromatic heterocycles. The van der Waals surface area contributed by atoms with Crippen LogP contribution in [0.4, 0.5) is 0 Å². The van der Waals surface area contributed by atoms with Crippen molar-refractivity contribution >= 4 is 22.8 Å². The first-order valence-electron chi connectivity index (χ1n) is 7.05. The van der Waals surface area contributed by atoms with Crippen LogP contribution < -0.4 is 0 Å². The Labute approximate surface area is 124 Å². The van der Waals surface area contributed by atoms with Crippen LogP contribution in [0.3, 0.4) is 0 Å². The van der Waals surface area contributed by atoms with Crippen molar-refractivity contribution in [3.63, 3.8) is 0 Å². The summed E-state index contributed by atoms with van der Waals surface area (Å²) in [5, 5.41) is 1.01. The second-order valence-corrected chi connectivity index (χ2v) is 6.17. The normalized spacial score (nSPS) is 11.6. The summed E-state index contributed by atoms with van der Waals surface area (Å²) in [6.45, 7) is 5.70. The van der Waals surface area contributed by atoms with Crippen molar-refractivity contribution in [3.8, 4) is 0 Å². The van der Waals surface area contributed by atoms with Gasteiger partial charge in [-0.2, -0.15) is 0 Å². The minimum atomic E-state index is -0.457. The number of para-hydroxylation sites is 1. The van der Waals surface area contributed by atoms with Crippen LogP contribution in [0, 0.1) is 5.41 Å². The van der Waals surface area contributed by atoms with E-state index in [-0.39, 0.29) is 11.9 Å². The predicted octanol–water partition coefficient (Wildman–Crippen LogP) is 3.43. The third-order valence-corrected chi connectivity index (χ3v) is 3.48. The Hall–Kier alpha value is -2.10. The fourth-order valence-corrected chi connectivity index (χ4v) is 2.32. The van der Waals surface area contributed by atoms with E-state index in [1.807, 2.05) is 51.2 Å². The number of fused-ring (bicyclic) bond motifs is 1. The standard InChI is InChI=1S/C17H21NO3/c1-17(2,3)16(20)18-11-12(9-10-15(19)21-4)13-7-5-6-8-14(13)18/h5-8,11H,9-10H2,1-4H3. The molecule has 0 N–H and O–H groups in total. The quantitative estimate of drug-likeness (QED) is 0.813. The molecule has 112 valence electrons. The molecule has 0 aliphatic carbocycles. The highest BCUT2D eigenvalue weighted by Crippen LogP contribution is 2.26. The second-order valence-electron chi connectivity index (χ2n) is 6.17. The summed E-state index contributed by atoms with van der Waals surface area (Å²) < 4.78 is 6.38. The zero-order valence-electron chi connectivity index (χ0n) is 13.0. The number of hydrogen-bond acceptors (Lipinski definition) is 3. The van der Waals surface area contributed by atoms with E-state index >= 15 is 0 Å². The van der Waals surface area contributed by atoms with Gasteiger partial charge in [0.15, 0.2) is 0 Å². The van der Waals surface area contributed by atoms with E-state index in [4.69, 9.17) is 0 Å². The molecule has 4 heteroatoms. The van der Waals surface area contributed by atoms with Crippen LogP contribution in [0.2, 0.25) is 0 Å². The summed E-state index contributed by atoms with van der Waals surface area (Å²) in [5.74, 6) is -0.197. The summed E-state index contributed by atoms with van der Waals surface area (Å²) in [7, 11) is 1.38. The van der Waals surface area contributed by atoms with Gasteiger partial charge in [-0.1, -0.05) is 39.0 Å². The minimum Gasteiger partial charge on any atom is -0.469 e. The summed E-state index contributed by atoms with van der Waals surface area (Å²) >= 11 is 0. The van der Waals surface area contributed by atoms with Gasteiger partial charge in [-0.15, -0.1) is 0 Å². The number of carbonyl (C=O) groups is 2. The zero-order chi connectivity index (χ0) is 15.6. The predicted molar refractivity (Wildman–Crippen MR) is 82.4 cm³/mol. The number of aromatic nitrogens is 1. The number of benzene rings is 1. The molecule has 0 spiro atoms. The van der Waals surface area contributed by atoms with E-state index in [0.717, 1.165) is 16.5 Å². The number of esters is 1. The monoisotopic (exact) mass is 287 g/mol. The lowest BCUT2D eigenvalue weighted by molar-refractivity contribution is -0.140. The van der Waals surface area contributed by atoms with E-state index in [9.17, 15) is 9.59 Å². The highest BCUT2D eigenvalue weighted by atomic mass is 16.5. The maximum atomic E-state index is 12.6. The molecule has 0 aliphatic heterocycles. The lowest BCUT2D eigenvalue weighted by Gasteiger charge is -2.17. The maximum Gasteiger partial charge on any atom is 0.305 e. The van der Waals surface area contributed by atoms with E-state index in [2.05, 4.69) is 4.74 Å². The van der Waals surface area contributed by atoms with Crippen molar-refractivity contribution in [2.75, 3.05) is 7.11 Å². The average Bonchev–Trinajstić information content (AvgIpc) is 2.81. The van der Waals surface area contributed by atoms with Crippen molar-refractivity contribution in [1.82, 2.24) is 4.57 Å². The molecule has 0 fully saturated rings. The van der Waals surface area contributed by atoms with E-state index in [1.54, 1.807) is 4.57 Å². The molecular weight excluding hydrogens is 266 g/mol. The molecule has 0 radical (unpaired) electrons. The SMILES string of the molecule is COC(=O)CCc1cn(C(=O)C(C)(C)C)c2ccccc12. The van der Waals surface area contributed by atoms with Crippen LogP contribution in [-0.4, -0.2) is 23.6 Å². The van der Waals surface area contributed by atoms with Crippen LogP contribution in [0.1, 0.15) is 37.6 Å². The molecular formula is C17H21NO3. The molecule has 4 nitrogen and oxygen atoms in total. The molecule has 2 aromatic rings. The molecule has 2 rings (SSSR count). The Kier molecular flexibility index (Phi) is 4.16. The van der Waals surface area contributed by atoms with Crippen LogP contribution in [0.25, 0.3) is 10.9 Å². The van der Waals surface area contributed by atoms with E-state index in [1.165, 1.54) is 7.11 Å². The Morgan fingerprint density at radius 1 is 1.19 bits per heavy atom. The average molecular weight is 287 g/mol. The van der Waals surface area contributed by atoms with Crippen LogP contribution in [0.15, 0.2) is 30.5 Å². The van der Waals surface area contributed by atoms with Gasteiger partial charge in [0.05, 0.1) is 12.6 Å². The van der Waals surface area contributed by atoms with E-state index in [0.29, 0.717) is 12.8 Å². The van der Waals surface area contributed by atoms with Gasteiger partial charge in [0.1, 0.15) is 0 Å². The minimum absolute atomic E-state index is 0.0445. The van der Waals surface area contributed by atoms with Gasteiger partial charge in [0.2, 0.25) is 5.91 Å². The molecule has 0 bridgehead atoms. The molecule has 0 amide bonds. The highest BCUT2D eigenvalue weighted by molar-refractivity contribution is 5.96. The summed E-state index contributed by atoms with van der Waals surface area (Å²) in [5.41, 5.74) is 1.42. The molecule has 21 heavy (non-hydrogen) atoms. The number of hydrogen-bond donors (Lipinski definition) is 0. The van der Waals surface area contributed by atoms with Gasteiger partial charge in [0, 0.05) is 23.4 Å². The van der Waals surface area contributed by atoms with Gasteiger partial charge in [0.25, 0.3) is 0 Å². The van der Waals surface area contributed by atoms with E-state index < -0.39 is 5.41 Å². The Bertz CT molecular complexity index is 677. The van der Waals surface area contributed by atoms with Gasteiger partial charge in [-0.05, 0) is 18.1 Å². The van der Waals surface area contributed by atoms with Crippen LogP contribution >= 0.6 is 0 Å². The molecule has 0 saturated carbocycles. The third kappa shape index (κ3) is 3.15. The topological polar surface area (TPSA) is 48.3 Å². The Morgan fingerprint density at radius 2 is 1.86 bits per heavy atom. The molecule has 1 heterocycles. The number of methoxy groups -OCH3 is 1. The largest absolute Gasteiger partial charge is 0.469 e. The fourth-order valence-electron chi connectivity index (χ4n) is 2.32. The van der Waals surface area contributed by atoms with Crippen molar-refractivity contribution in [2.45, 2.75) is 33.6 Å². The number of nitrogens with zero attached hydrogens (tertiary/aromatic N) is 1. The number of rotatable bonds is 3. The second kappa shape index (κ2) is 5.72. The summed E-state index contributed by atoms with van der Waals surface area (Å²) in [6, 6.07) is 7.77. The van der Waals surface area contributed by atoms with Crippen molar-refractivity contribution in [3.05, 3.63) is 36.0 Å². The number of ether oxygens (including phenoxy) is 1. The maximum absolute atomic E-state index is 12.6. The lowest BCUT2D eigenvalue weighted by atomic mass is 9.95. The number of aryl methyl sites for hydroxylation is 1. The van der Waals surface area contributed by atoms with Crippen LogP contribution in [-0.2, 0) is 16.0 Å². The highest BCUT2D eigenvalue weighted by Gasteiger charge is 2.25. The molecule has 1 aromatic carbocycles. The summed E-state index contributed by atoms with van der Waals surface area (Å²) in [6.07, 6.45) is 2.73. The fraction of sp³-hybridized carbons (Fsp3) is 0.412. The number of carbonyl (C=O) groups excluding carboxylic acids is 2. The van der Waals surface area contributed by atoms with Gasteiger partial charge in [-0.3, -0.25) is 14.2 Å². The molecule has 0 atom stereocenters. The van der Waals surface area contributed by atoms with Gasteiger partial charge >= 0.3 is 5.97 Å². The first-order chi connectivity index (χ1) is 9.84. The molecule has 0 saturated heterocycles. The third-order valence-electron chi connectivity index (χ3n) is 3.48. The zero-order valence-corrected chi connectivity index (χ0v) is 13.0. The Balaban J connectivity index is 2.44. The lowest BCUT2D eigenvalue weighted by Crippen LogP contribution is -2.26. The summed E-state index contributed by atoms with van der Waals surface area (Å²) in [4.78, 5) is 23.9. The van der Waals surface area contributed by atoms with Crippen molar-refractivity contribution < 1.29 is 14.3 Å². The molecule has 0 unspecified atom stereocenters.